The molecule has 1 saturated heterocycles. The highest BCUT2D eigenvalue weighted by molar-refractivity contribution is 5.76. The molecule has 7 nitrogen and oxygen atoms in total. The Morgan fingerprint density at radius 2 is 2.00 bits per heavy atom. The van der Waals surface area contributed by atoms with Crippen LogP contribution >= 0.6 is 0 Å². The van der Waals surface area contributed by atoms with E-state index < -0.39 is 0 Å². The Morgan fingerprint density at radius 3 is 2.78 bits per heavy atom. The molecule has 2 aliphatic heterocycles. The fourth-order valence-electron chi connectivity index (χ4n) is 3.54. The largest absolute Gasteiger partial charge is 0.454 e. The predicted molar refractivity (Wildman–Crippen MR) is 105 cm³/mol. The average molecular weight is 377 g/mol. The summed E-state index contributed by atoms with van der Waals surface area (Å²) in [5, 5.41) is 6.46. The van der Waals surface area contributed by atoms with Crippen molar-refractivity contribution in [2.75, 3.05) is 46.6 Å². The van der Waals surface area contributed by atoms with Gasteiger partial charge in [0.2, 0.25) is 12.7 Å². The van der Waals surface area contributed by atoms with Gasteiger partial charge in [0.1, 0.15) is 0 Å². The number of rotatable bonds is 8. The predicted octanol–water partition coefficient (Wildman–Crippen LogP) is 1.04. The van der Waals surface area contributed by atoms with E-state index in [1.807, 2.05) is 19.1 Å². The fourth-order valence-corrected chi connectivity index (χ4v) is 3.54. The van der Waals surface area contributed by atoms with E-state index in [0.29, 0.717) is 13.2 Å². The van der Waals surface area contributed by atoms with E-state index in [-0.39, 0.29) is 18.1 Å². The van der Waals surface area contributed by atoms with Crippen LogP contribution in [0.5, 0.6) is 11.5 Å². The van der Waals surface area contributed by atoms with Gasteiger partial charge in [-0.2, -0.15) is 0 Å². The summed E-state index contributed by atoms with van der Waals surface area (Å²) in [5.74, 6) is 1.74. The molecule has 0 bridgehead atoms. The van der Waals surface area contributed by atoms with Crippen LogP contribution in [0.1, 0.15) is 25.8 Å². The van der Waals surface area contributed by atoms with E-state index in [9.17, 15) is 4.79 Å². The summed E-state index contributed by atoms with van der Waals surface area (Å²) in [7, 11) is 2.05. The van der Waals surface area contributed by atoms with Crippen molar-refractivity contribution in [1.29, 1.82) is 0 Å². The van der Waals surface area contributed by atoms with E-state index in [0.717, 1.165) is 50.6 Å². The van der Waals surface area contributed by atoms with Gasteiger partial charge >= 0.3 is 0 Å². The summed E-state index contributed by atoms with van der Waals surface area (Å²) in [6.07, 6.45) is 1.42. The van der Waals surface area contributed by atoms with Crippen LogP contribution in [-0.4, -0.2) is 74.5 Å². The van der Waals surface area contributed by atoms with Crippen LogP contribution in [0.4, 0.5) is 0 Å². The van der Waals surface area contributed by atoms with Gasteiger partial charge in [0.25, 0.3) is 0 Å². The number of amides is 1. The Kier molecular flexibility index (Phi) is 6.93. The lowest BCUT2D eigenvalue weighted by Gasteiger charge is -2.32. The summed E-state index contributed by atoms with van der Waals surface area (Å²) in [6.45, 7) is 9.41. The SMILES string of the molecule is CC(Cc1ccc2c(c1)OCO2)N(C)C(C)NC(=O)CCN1CCNCC1. The molecule has 2 N–H and O–H groups in total. The first-order valence-corrected chi connectivity index (χ1v) is 9.86. The van der Waals surface area contributed by atoms with Crippen LogP contribution in [0.15, 0.2) is 18.2 Å². The molecule has 0 spiro atoms. The zero-order valence-electron chi connectivity index (χ0n) is 16.7. The third-order valence-electron chi connectivity index (χ3n) is 5.51. The highest BCUT2D eigenvalue weighted by atomic mass is 16.7. The first-order valence-electron chi connectivity index (χ1n) is 9.86. The second-order valence-electron chi connectivity index (χ2n) is 7.49. The minimum absolute atomic E-state index is 0.00969. The Labute approximate surface area is 162 Å². The van der Waals surface area contributed by atoms with Gasteiger partial charge in [0.05, 0.1) is 6.17 Å². The maximum atomic E-state index is 12.3. The quantitative estimate of drug-likeness (QED) is 0.661. The molecule has 0 aliphatic carbocycles. The van der Waals surface area contributed by atoms with Crippen molar-refractivity contribution in [3.05, 3.63) is 23.8 Å². The number of hydrogen-bond donors (Lipinski definition) is 2. The second-order valence-corrected chi connectivity index (χ2v) is 7.49. The minimum atomic E-state index is -0.00969. The molecule has 2 aliphatic rings. The number of carbonyl (C=O) groups excluding carboxylic acids is 1. The van der Waals surface area contributed by atoms with E-state index in [1.165, 1.54) is 5.56 Å². The Morgan fingerprint density at radius 1 is 1.26 bits per heavy atom. The zero-order valence-corrected chi connectivity index (χ0v) is 16.7. The molecule has 1 aromatic rings. The van der Waals surface area contributed by atoms with Crippen molar-refractivity contribution in [3.8, 4) is 11.5 Å². The van der Waals surface area contributed by atoms with E-state index >= 15 is 0 Å². The molecule has 3 rings (SSSR count). The third kappa shape index (κ3) is 5.57. The van der Waals surface area contributed by atoms with E-state index in [2.05, 4.69) is 40.5 Å². The molecule has 1 amide bonds. The molecule has 0 radical (unpaired) electrons. The number of likely N-dealkylation sites (N-methyl/N-ethyl adjacent to an activating group) is 1. The van der Waals surface area contributed by atoms with Gasteiger partial charge in [-0.3, -0.25) is 9.69 Å². The molecule has 0 saturated carbocycles. The van der Waals surface area contributed by atoms with Crippen molar-refractivity contribution in [3.63, 3.8) is 0 Å². The summed E-state index contributed by atoms with van der Waals surface area (Å²) in [4.78, 5) is 16.8. The van der Waals surface area contributed by atoms with Gasteiger partial charge in [-0.1, -0.05) is 6.07 Å². The van der Waals surface area contributed by atoms with Crippen LogP contribution in [0.2, 0.25) is 0 Å². The first-order chi connectivity index (χ1) is 13.0. The monoisotopic (exact) mass is 376 g/mol. The second kappa shape index (κ2) is 9.39. The summed E-state index contributed by atoms with van der Waals surface area (Å²) in [6, 6.07) is 6.37. The molecular weight excluding hydrogens is 344 g/mol. The van der Waals surface area contributed by atoms with Crippen molar-refractivity contribution < 1.29 is 14.3 Å². The molecule has 2 atom stereocenters. The number of carbonyl (C=O) groups is 1. The number of hydrogen-bond acceptors (Lipinski definition) is 6. The van der Waals surface area contributed by atoms with Crippen LogP contribution < -0.4 is 20.1 Å². The van der Waals surface area contributed by atoms with Crippen molar-refractivity contribution >= 4 is 5.91 Å². The molecule has 0 aromatic heterocycles. The molecular formula is C20H32N4O3. The van der Waals surface area contributed by atoms with Crippen molar-refractivity contribution in [1.82, 2.24) is 20.4 Å². The average Bonchev–Trinajstić information content (AvgIpc) is 3.14. The third-order valence-corrected chi connectivity index (χ3v) is 5.51. The number of ether oxygens (including phenoxy) is 2. The van der Waals surface area contributed by atoms with E-state index in [1.54, 1.807) is 0 Å². The van der Waals surface area contributed by atoms with Crippen LogP contribution in [-0.2, 0) is 11.2 Å². The first kappa shape index (κ1) is 19.9. The smallest absolute Gasteiger partial charge is 0.231 e. The number of nitrogens with zero attached hydrogens (tertiary/aromatic N) is 2. The topological polar surface area (TPSA) is 66.1 Å². The number of fused-ring (bicyclic) bond motifs is 1. The Hall–Kier alpha value is -1.83. The van der Waals surface area contributed by atoms with Gasteiger partial charge in [-0.25, -0.2) is 0 Å². The summed E-state index contributed by atoms with van der Waals surface area (Å²) in [5.41, 5.74) is 1.20. The normalized spacial score (nSPS) is 19.1. The highest BCUT2D eigenvalue weighted by Crippen LogP contribution is 2.32. The maximum Gasteiger partial charge on any atom is 0.231 e. The molecule has 2 unspecified atom stereocenters. The highest BCUT2D eigenvalue weighted by Gasteiger charge is 2.20. The molecule has 1 aromatic carbocycles. The summed E-state index contributed by atoms with van der Waals surface area (Å²) >= 11 is 0. The molecule has 2 heterocycles. The van der Waals surface area contributed by atoms with Crippen molar-refractivity contribution in [2.24, 2.45) is 0 Å². The molecule has 1 fully saturated rings. The molecule has 150 valence electrons. The zero-order chi connectivity index (χ0) is 19.2. The maximum absolute atomic E-state index is 12.3. The van der Waals surface area contributed by atoms with E-state index in [4.69, 9.17) is 9.47 Å². The minimum Gasteiger partial charge on any atom is -0.454 e. The van der Waals surface area contributed by atoms with Gasteiger partial charge in [-0.05, 0) is 45.0 Å². The van der Waals surface area contributed by atoms with Gasteiger partial charge in [-0.15, -0.1) is 0 Å². The molecule has 27 heavy (non-hydrogen) atoms. The number of benzene rings is 1. The Balaban J connectivity index is 1.43. The van der Waals surface area contributed by atoms with Crippen molar-refractivity contribution in [2.45, 2.75) is 38.9 Å². The fraction of sp³-hybridized carbons (Fsp3) is 0.650. The Bertz CT molecular complexity index is 634. The van der Waals surface area contributed by atoms with Gasteiger partial charge < -0.3 is 25.0 Å². The molecule has 7 heteroatoms. The lowest BCUT2D eigenvalue weighted by molar-refractivity contribution is -0.123. The standard InChI is InChI=1S/C20H32N4O3/c1-15(12-17-4-5-18-19(13-17)27-14-26-18)23(3)16(2)22-20(25)6-9-24-10-7-21-8-11-24/h4-5,13,15-16,21H,6-12,14H2,1-3H3,(H,22,25). The van der Waals surface area contributed by atoms with Crippen LogP contribution in [0.3, 0.4) is 0 Å². The van der Waals surface area contributed by atoms with Gasteiger partial charge in [0.15, 0.2) is 11.5 Å². The summed E-state index contributed by atoms with van der Waals surface area (Å²) < 4.78 is 10.8. The lowest BCUT2D eigenvalue weighted by Crippen LogP contribution is -2.49. The van der Waals surface area contributed by atoms with Crippen LogP contribution in [0.25, 0.3) is 0 Å². The van der Waals surface area contributed by atoms with Crippen LogP contribution in [0, 0.1) is 0 Å². The van der Waals surface area contributed by atoms with Gasteiger partial charge in [0, 0.05) is 45.2 Å². The number of piperazine rings is 1. The number of nitrogens with one attached hydrogen (secondary N) is 2. The lowest BCUT2D eigenvalue weighted by atomic mass is 10.1.